The Hall–Kier alpha value is -2.04. The van der Waals surface area contributed by atoms with Crippen LogP contribution in [-0.4, -0.2) is 26.5 Å². The molecule has 5 heteroatoms. The van der Waals surface area contributed by atoms with E-state index in [4.69, 9.17) is 0 Å². The Kier molecular flexibility index (Phi) is 2.06. The third-order valence-corrected chi connectivity index (χ3v) is 1.77. The SMILES string of the molecule is Cc1cccc(-n2nnc(C=O)n2)c1. The minimum absolute atomic E-state index is 0.0894. The number of carbonyl (C=O) groups excluding carboxylic acids is 1. The van der Waals surface area contributed by atoms with Gasteiger partial charge in [0.15, 0.2) is 6.29 Å². The summed E-state index contributed by atoms with van der Waals surface area (Å²) in [7, 11) is 0. The highest BCUT2D eigenvalue weighted by Crippen LogP contribution is 2.06. The van der Waals surface area contributed by atoms with Gasteiger partial charge in [0.05, 0.1) is 5.69 Å². The van der Waals surface area contributed by atoms with Crippen molar-refractivity contribution in [2.75, 3.05) is 0 Å². The van der Waals surface area contributed by atoms with Crippen molar-refractivity contribution >= 4 is 6.29 Å². The molecule has 0 aliphatic carbocycles. The van der Waals surface area contributed by atoms with E-state index in [2.05, 4.69) is 15.4 Å². The summed E-state index contributed by atoms with van der Waals surface area (Å²) < 4.78 is 0. The highest BCUT2D eigenvalue weighted by molar-refractivity contribution is 5.67. The molecule has 70 valence electrons. The molecule has 0 bridgehead atoms. The fraction of sp³-hybridized carbons (Fsp3) is 0.111. The first kappa shape index (κ1) is 8.55. The standard InChI is InChI=1S/C9H8N4O/c1-7-3-2-4-8(5-7)13-11-9(6-14)10-12-13/h2-6H,1H3. The number of rotatable bonds is 2. The van der Waals surface area contributed by atoms with Gasteiger partial charge in [0, 0.05) is 0 Å². The van der Waals surface area contributed by atoms with Crippen LogP contribution in [0.4, 0.5) is 0 Å². The summed E-state index contributed by atoms with van der Waals surface area (Å²) in [6.45, 7) is 1.97. The first-order valence-corrected chi connectivity index (χ1v) is 4.12. The molecule has 1 aromatic heterocycles. The van der Waals surface area contributed by atoms with E-state index in [1.165, 1.54) is 4.80 Å². The number of tetrazole rings is 1. The smallest absolute Gasteiger partial charge is 0.237 e. The van der Waals surface area contributed by atoms with Gasteiger partial charge in [0.25, 0.3) is 0 Å². The minimum atomic E-state index is 0.0894. The van der Waals surface area contributed by atoms with Crippen LogP contribution in [0.15, 0.2) is 24.3 Å². The average molecular weight is 188 g/mol. The Morgan fingerprint density at radius 2 is 2.29 bits per heavy atom. The third-order valence-electron chi connectivity index (χ3n) is 1.77. The molecule has 5 nitrogen and oxygen atoms in total. The van der Waals surface area contributed by atoms with Gasteiger partial charge in [-0.25, -0.2) is 0 Å². The Balaban J connectivity index is 2.43. The summed E-state index contributed by atoms with van der Waals surface area (Å²) in [4.78, 5) is 11.7. The van der Waals surface area contributed by atoms with E-state index in [0.717, 1.165) is 11.3 Å². The van der Waals surface area contributed by atoms with Crippen LogP contribution < -0.4 is 0 Å². The second-order valence-corrected chi connectivity index (χ2v) is 2.89. The number of aromatic nitrogens is 4. The molecule has 1 heterocycles. The van der Waals surface area contributed by atoms with Gasteiger partial charge in [0.1, 0.15) is 0 Å². The Morgan fingerprint density at radius 1 is 1.43 bits per heavy atom. The third kappa shape index (κ3) is 1.52. The van der Waals surface area contributed by atoms with Crippen molar-refractivity contribution in [3.63, 3.8) is 0 Å². The summed E-state index contributed by atoms with van der Waals surface area (Å²) in [6, 6.07) is 7.63. The van der Waals surface area contributed by atoms with Gasteiger partial charge in [-0.2, -0.15) is 0 Å². The number of carbonyl (C=O) groups is 1. The number of benzene rings is 1. The predicted molar refractivity (Wildman–Crippen MR) is 49.3 cm³/mol. The molecule has 0 atom stereocenters. The zero-order chi connectivity index (χ0) is 9.97. The molecule has 0 aliphatic heterocycles. The average Bonchev–Trinajstić information content (AvgIpc) is 2.66. The van der Waals surface area contributed by atoms with Crippen LogP contribution in [0.5, 0.6) is 0 Å². The van der Waals surface area contributed by atoms with Crippen LogP contribution >= 0.6 is 0 Å². The summed E-state index contributed by atoms with van der Waals surface area (Å²) >= 11 is 0. The highest BCUT2D eigenvalue weighted by atomic mass is 16.1. The van der Waals surface area contributed by atoms with Crippen molar-refractivity contribution in [1.82, 2.24) is 20.2 Å². The van der Waals surface area contributed by atoms with Gasteiger partial charge < -0.3 is 0 Å². The van der Waals surface area contributed by atoms with Crippen molar-refractivity contribution in [2.45, 2.75) is 6.92 Å². The minimum Gasteiger partial charge on any atom is -0.294 e. The molecular weight excluding hydrogens is 180 g/mol. The lowest BCUT2D eigenvalue weighted by Gasteiger charge is -1.98. The van der Waals surface area contributed by atoms with Crippen molar-refractivity contribution in [3.8, 4) is 5.69 Å². The molecule has 0 amide bonds. The lowest BCUT2D eigenvalue weighted by Crippen LogP contribution is -1.99. The monoisotopic (exact) mass is 188 g/mol. The van der Waals surface area contributed by atoms with Crippen LogP contribution in [-0.2, 0) is 0 Å². The summed E-state index contributed by atoms with van der Waals surface area (Å²) in [5.74, 6) is 0.0894. The zero-order valence-electron chi connectivity index (χ0n) is 7.58. The lowest BCUT2D eigenvalue weighted by atomic mass is 10.2. The topological polar surface area (TPSA) is 60.7 Å². The maximum atomic E-state index is 10.3. The molecular formula is C9H8N4O. The lowest BCUT2D eigenvalue weighted by molar-refractivity contribution is 0.111. The van der Waals surface area contributed by atoms with Crippen molar-refractivity contribution < 1.29 is 4.79 Å². The Labute approximate surface area is 80.4 Å². The number of hydrogen-bond acceptors (Lipinski definition) is 4. The van der Waals surface area contributed by atoms with Gasteiger partial charge in [0.2, 0.25) is 5.82 Å². The van der Waals surface area contributed by atoms with Crippen LogP contribution in [0.1, 0.15) is 16.2 Å². The van der Waals surface area contributed by atoms with Gasteiger partial charge in [-0.3, -0.25) is 4.79 Å². The van der Waals surface area contributed by atoms with Gasteiger partial charge in [-0.05, 0) is 29.8 Å². The normalized spacial score (nSPS) is 10.1. The molecule has 0 saturated heterocycles. The van der Waals surface area contributed by atoms with E-state index in [-0.39, 0.29) is 5.82 Å². The summed E-state index contributed by atoms with van der Waals surface area (Å²) in [5, 5.41) is 11.2. The van der Waals surface area contributed by atoms with Crippen LogP contribution in [0, 0.1) is 6.92 Å². The number of aldehydes is 1. The van der Waals surface area contributed by atoms with Gasteiger partial charge >= 0.3 is 0 Å². The van der Waals surface area contributed by atoms with Crippen LogP contribution in [0.3, 0.4) is 0 Å². The first-order valence-electron chi connectivity index (χ1n) is 4.12. The molecule has 2 rings (SSSR count). The van der Waals surface area contributed by atoms with Gasteiger partial charge in [-0.15, -0.1) is 15.0 Å². The molecule has 0 unspecified atom stereocenters. The number of nitrogens with zero attached hydrogens (tertiary/aromatic N) is 4. The quantitative estimate of drug-likeness (QED) is 0.653. The summed E-state index contributed by atoms with van der Waals surface area (Å²) in [5.41, 5.74) is 1.90. The van der Waals surface area contributed by atoms with Crippen LogP contribution in [0.25, 0.3) is 5.69 Å². The molecule has 2 aromatic rings. The van der Waals surface area contributed by atoms with Gasteiger partial charge in [-0.1, -0.05) is 12.1 Å². The van der Waals surface area contributed by atoms with Crippen molar-refractivity contribution in [3.05, 3.63) is 35.7 Å². The Bertz CT molecular complexity index is 463. The number of aryl methyl sites for hydroxylation is 1. The largest absolute Gasteiger partial charge is 0.294 e. The molecule has 0 aliphatic rings. The van der Waals surface area contributed by atoms with E-state index in [9.17, 15) is 4.79 Å². The molecule has 14 heavy (non-hydrogen) atoms. The van der Waals surface area contributed by atoms with Crippen LogP contribution in [0.2, 0.25) is 0 Å². The molecule has 0 N–H and O–H groups in total. The van der Waals surface area contributed by atoms with E-state index in [0.29, 0.717) is 6.29 Å². The zero-order valence-corrected chi connectivity index (χ0v) is 7.58. The van der Waals surface area contributed by atoms with E-state index in [1.54, 1.807) is 0 Å². The molecule has 1 aromatic carbocycles. The molecule has 0 spiro atoms. The second-order valence-electron chi connectivity index (χ2n) is 2.89. The maximum absolute atomic E-state index is 10.3. The predicted octanol–water partition coefficient (Wildman–Crippen LogP) is 0.783. The Morgan fingerprint density at radius 3 is 2.93 bits per heavy atom. The van der Waals surface area contributed by atoms with Crippen molar-refractivity contribution in [1.29, 1.82) is 0 Å². The highest BCUT2D eigenvalue weighted by Gasteiger charge is 2.02. The van der Waals surface area contributed by atoms with E-state index in [1.807, 2.05) is 31.2 Å². The molecule has 0 saturated carbocycles. The van der Waals surface area contributed by atoms with E-state index < -0.39 is 0 Å². The number of hydrogen-bond donors (Lipinski definition) is 0. The molecule has 0 fully saturated rings. The molecule has 0 radical (unpaired) electrons. The second kappa shape index (κ2) is 3.37. The fourth-order valence-corrected chi connectivity index (χ4v) is 1.13. The van der Waals surface area contributed by atoms with E-state index >= 15 is 0 Å². The van der Waals surface area contributed by atoms with Crippen molar-refractivity contribution in [2.24, 2.45) is 0 Å². The summed E-state index contributed by atoms with van der Waals surface area (Å²) in [6.07, 6.45) is 0.569. The fourth-order valence-electron chi connectivity index (χ4n) is 1.13. The maximum Gasteiger partial charge on any atom is 0.237 e. The first-order chi connectivity index (χ1) is 6.79.